The molecule has 7 rings (SSSR count). The van der Waals surface area contributed by atoms with Gasteiger partial charge in [0.2, 0.25) is 0 Å². The van der Waals surface area contributed by atoms with Crippen LogP contribution in [-0.4, -0.2) is 42.6 Å². The SMILES string of the molecule is Cc1nc(N2CCC3(CC2)Cc2ncccc2[C@H]3N)c2ccnn2c1-c1ccc2nccnc2c1Cl. The average Bonchev–Trinajstić information content (AvgIpc) is 3.49. The number of pyridine rings is 1. The first-order valence-electron chi connectivity index (χ1n) is 12.2. The molecule has 1 aromatic carbocycles. The van der Waals surface area contributed by atoms with E-state index in [0.717, 1.165) is 71.8 Å². The summed E-state index contributed by atoms with van der Waals surface area (Å²) in [6, 6.07) is 10.1. The summed E-state index contributed by atoms with van der Waals surface area (Å²) >= 11 is 6.83. The second-order valence-corrected chi connectivity index (χ2v) is 10.3. The van der Waals surface area contributed by atoms with Gasteiger partial charge in [-0.3, -0.25) is 15.0 Å². The van der Waals surface area contributed by atoms with Crippen LogP contribution < -0.4 is 10.6 Å². The Kier molecular flexibility index (Phi) is 4.78. The van der Waals surface area contributed by atoms with Gasteiger partial charge < -0.3 is 10.6 Å². The number of benzene rings is 1. The summed E-state index contributed by atoms with van der Waals surface area (Å²) in [5.41, 5.74) is 14.2. The Morgan fingerprint density at radius 1 is 1.00 bits per heavy atom. The molecule has 1 atom stereocenters. The molecule has 5 aromatic rings. The van der Waals surface area contributed by atoms with E-state index in [1.165, 1.54) is 5.56 Å². The van der Waals surface area contributed by atoms with E-state index in [1.54, 1.807) is 12.4 Å². The van der Waals surface area contributed by atoms with E-state index in [4.69, 9.17) is 22.3 Å². The van der Waals surface area contributed by atoms with Crippen molar-refractivity contribution in [2.75, 3.05) is 18.0 Å². The lowest BCUT2D eigenvalue weighted by atomic mass is 9.73. The third-order valence-corrected chi connectivity index (χ3v) is 8.41. The number of rotatable bonds is 2. The maximum Gasteiger partial charge on any atom is 0.155 e. The van der Waals surface area contributed by atoms with Gasteiger partial charge in [0.25, 0.3) is 0 Å². The van der Waals surface area contributed by atoms with Crippen LogP contribution >= 0.6 is 11.6 Å². The molecule has 2 N–H and O–H groups in total. The quantitative estimate of drug-likeness (QED) is 0.383. The Labute approximate surface area is 213 Å². The predicted octanol–water partition coefficient (Wildman–Crippen LogP) is 4.54. The number of nitrogens with zero attached hydrogens (tertiary/aromatic N) is 7. The molecule has 0 unspecified atom stereocenters. The molecule has 0 amide bonds. The number of halogens is 1. The Morgan fingerprint density at radius 3 is 2.67 bits per heavy atom. The minimum Gasteiger partial charge on any atom is -0.355 e. The van der Waals surface area contributed by atoms with Crippen molar-refractivity contribution in [1.82, 2.24) is 29.5 Å². The van der Waals surface area contributed by atoms with E-state index in [2.05, 4.69) is 31.0 Å². The van der Waals surface area contributed by atoms with Gasteiger partial charge in [0, 0.05) is 49.0 Å². The molecule has 1 saturated heterocycles. The summed E-state index contributed by atoms with van der Waals surface area (Å²) < 4.78 is 1.95. The fourth-order valence-corrected chi connectivity index (χ4v) is 6.40. The van der Waals surface area contributed by atoms with Crippen LogP contribution in [0.4, 0.5) is 5.82 Å². The number of anilines is 1. The van der Waals surface area contributed by atoms with E-state index >= 15 is 0 Å². The van der Waals surface area contributed by atoms with Crippen molar-refractivity contribution in [1.29, 1.82) is 0 Å². The topological polar surface area (TPSA) is 98.1 Å². The van der Waals surface area contributed by atoms with E-state index in [-0.39, 0.29) is 11.5 Å². The summed E-state index contributed by atoms with van der Waals surface area (Å²) in [6.07, 6.45) is 9.98. The Morgan fingerprint density at radius 2 is 1.83 bits per heavy atom. The van der Waals surface area contributed by atoms with Gasteiger partial charge in [-0.2, -0.15) is 5.10 Å². The summed E-state index contributed by atoms with van der Waals surface area (Å²) in [7, 11) is 0. The Balaban J connectivity index is 1.25. The van der Waals surface area contributed by atoms with Crippen LogP contribution in [0.2, 0.25) is 5.02 Å². The lowest BCUT2D eigenvalue weighted by Crippen LogP contribution is -2.44. The van der Waals surface area contributed by atoms with Crippen LogP contribution in [0.1, 0.15) is 35.8 Å². The minimum atomic E-state index is 0.0357. The van der Waals surface area contributed by atoms with Crippen LogP contribution in [0.15, 0.2) is 55.1 Å². The van der Waals surface area contributed by atoms with E-state index in [0.29, 0.717) is 10.5 Å². The molecule has 9 heteroatoms. The van der Waals surface area contributed by atoms with Gasteiger partial charge in [0.1, 0.15) is 11.0 Å². The number of nitrogens with two attached hydrogens (primary N) is 1. The van der Waals surface area contributed by atoms with Gasteiger partial charge in [0.15, 0.2) is 5.82 Å². The summed E-state index contributed by atoms with van der Waals surface area (Å²) in [5, 5.41) is 5.22. The molecule has 0 bridgehead atoms. The molecular weight excluding hydrogens is 472 g/mol. The average molecular weight is 497 g/mol. The number of piperidine rings is 1. The van der Waals surface area contributed by atoms with Crippen LogP contribution in [0, 0.1) is 12.3 Å². The van der Waals surface area contributed by atoms with Crippen LogP contribution in [0.5, 0.6) is 0 Å². The van der Waals surface area contributed by atoms with Crippen LogP contribution in [0.25, 0.3) is 27.8 Å². The van der Waals surface area contributed by atoms with Gasteiger partial charge in [0.05, 0.1) is 28.1 Å². The van der Waals surface area contributed by atoms with Gasteiger partial charge in [-0.1, -0.05) is 17.7 Å². The minimum absolute atomic E-state index is 0.0357. The highest BCUT2D eigenvalue weighted by molar-refractivity contribution is 6.37. The van der Waals surface area contributed by atoms with E-state index in [9.17, 15) is 0 Å². The summed E-state index contributed by atoms with van der Waals surface area (Å²) in [6.45, 7) is 3.79. The third-order valence-electron chi connectivity index (χ3n) is 8.03. The smallest absolute Gasteiger partial charge is 0.155 e. The lowest BCUT2D eigenvalue weighted by molar-refractivity contribution is 0.187. The molecule has 8 nitrogen and oxygen atoms in total. The van der Waals surface area contributed by atoms with Crippen molar-refractivity contribution < 1.29 is 0 Å². The monoisotopic (exact) mass is 496 g/mol. The molecule has 1 aliphatic carbocycles. The molecule has 0 saturated carbocycles. The molecule has 1 fully saturated rings. The first-order valence-corrected chi connectivity index (χ1v) is 12.6. The maximum absolute atomic E-state index is 6.83. The molecule has 5 heterocycles. The number of fused-ring (bicyclic) bond motifs is 3. The van der Waals surface area contributed by atoms with Crippen molar-refractivity contribution in [2.45, 2.75) is 32.2 Å². The van der Waals surface area contributed by atoms with Crippen LogP contribution in [0.3, 0.4) is 0 Å². The van der Waals surface area contributed by atoms with Crippen molar-refractivity contribution in [3.8, 4) is 11.3 Å². The van der Waals surface area contributed by atoms with E-state index < -0.39 is 0 Å². The number of aryl methyl sites for hydroxylation is 1. The van der Waals surface area contributed by atoms with Crippen molar-refractivity contribution in [3.63, 3.8) is 0 Å². The van der Waals surface area contributed by atoms with Gasteiger partial charge in [-0.05, 0) is 61.4 Å². The normalized spacial score (nSPS) is 18.9. The molecule has 1 aliphatic heterocycles. The number of hydrogen-bond acceptors (Lipinski definition) is 7. The zero-order valence-electron chi connectivity index (χ0n) is 19.9. The highest BCUT2D eigenvalue weighted by Crippen LogP contribution is 2.50. The van der Waals surface area contributed by atoms with Crippen molar-refractivity contribution in [3.05, 3.63) is 77.1 Å². The fraction of sp³-hybridized carbons (Fsp3) is 0.296. The molecule has 0 radical (unpaired) electrons. The summed E-state index contributed by atoms with van der Waals surface area (Å²) in [4.78, 5) is 20.9. The molecule has 4 aromatic heterocycles. The molecule has 2 aliphatic rings. The van der Waals surface area contributed by atoms with Gasteiger partial charge in [-0.15, -0.1) is 0 Å². The molecule has 36 heavy (non-hydrogen) atoms. The fourth-order valence-electron chi connectivity index (χ4n) is 6.11. The third kappa shape index (κ3) is 3.07. The second kappa shape index (κ2) is 7.94. The largest absolute Gasteiger partial charge is 0.355 e. The van der Waals surface area contributed by atoms with Gasteiger partial charge in [-0.25, -0.2) is 9.50 Å². The molecule has 1 spiro atoms. The first kappa shape index (κ1) is 21.6. The molecular formula is C27H25ClN8. The number of aromatic nitrogens is 6. The Bertz CT molecular complexity index is 1640. The van der Waals surface area contributed by atoms with E-state index in [1.807, 2.05) is 48.1 Å². The molecule has 180 valence electrons. The van der Waals surface area contributed by atoms with Crippen molar-refractivity contribution in [2.24, 2.45) is 11.1 Å². The second-order valence-electron chi connectivity index (χ2n) is 9.89. The highest BCUT2D eigenvalue weighted by Gasteiger charge is 2.46. The van der Waals surface area contributed by atoms with Crippen molar-refractivity contribution >= 4 is 34.0 Å². The zero-order chi connectivity index (χ0) is 24.4. The maximum atomic E-state index is 6.83. The standard InChI is InChI=1S/C27H25ClN8/c1-16-24(18-4-5-19-23(22(18)28)32-12-11-31-19)36-21(6-10-33-36)26(34-16)35-13-7-27(8-14-35)15-20-17(25(27)29)3-2-9-30-20/h2-6,9-12,25H,7-8,13-15,29H2,1H3/t25-/m1/s1. The van der Waals surface area contributed by atoms with Gasteiger partial charge >= 0.3 is 0 Å². The zero-order valence-corrected chi connectivity index (χ0v) is 20.7. The summed E-state index contributed by atoms with van der Waals surface area (Å²) in [5.74, 6) is 0.947. The highest BCUT2D eigenvalue weighted by atomic mass is 35.5. The predicted molar refractivity (Wildman–Crippen MR) is 140 cm³/mol. The Hall–Kier alpha value is -3.62. The van der Waals surface area contributed by atoms with Crippen LogP contribution in [-0.2, 0) is 6.42 Å². The lowest BCUT2D eigenvalue weighted by Gasteiger charge is -2.42. The first-order chi connectivity index (χ1) is 17.6. The number of hydrogen-bond donors (Lipinski definition) is 1.